The topological polar surface area (TPSA) is 80.9 Å². The Morgan fingerprint density at radius 1 is 0.833 bits per heavy atom. The molecule has 0 aliphatic rings. The molecule has 0 atom stereocenters. The van der Waals surface area contributed by atoms with Gasteiger partial charge in [0, 0.05) is 0 Å². The van der Waals surface area contributed by atoms with Gasteiger partial charge in [-0.1, -0.05) is 0 Å². The number of rotatable bonds is 0. The molecule has 0 aromatic rings. The van der Waals surface area contributed by atoms with Crippen molar-refractivity contribution in [2.75, 3.05) is 0 Å². The van der Waals surface area contributed by atoms with Crippen molar-refractivity contribution < 1.29 is 19.2 Å². The quantitative estimate of drug-likeness (QED) is 0.346. The normalized spacial score (nSPS) is 10.0. The monoisotopic (exact) mass is 308 g/mol. The van der Waals surface area contributed by atoms with Crippen molar-refractivity contribution in [3.8, 4) is 0 Å². The third-order valence-electron chi connectivity index (χ3n) is 0. The fourth-order valence-corrected chi connectivity index (χ4v) is 0. The Labute approximate surface area is 54.7 Å². The first-order chi connectivity index (χ1) is 2.00. The Bertz CT molecular complexity index is 23.0. The third kappa shape index (κ3) is 86.8. The minimum absolute atomic E-state index is 0. The van der Waals surface area contributed by atoms with Crippen molar-refractivity contribution in [3.63, 3.8) is 0 Å². The molecular weight excluding hydrogens is 301 g/mol. The Morgan fingerprint density at radius 3 is 0.833 bits per heavy atom. The van der Waals surface area contributed by atoms with Gasteiger partial charge < -0.3 is 19.2 Å². The summed E-state index contributed by atoms with van der Waals surface area (Å²) in [6.07, 6.45) is 0. The van der Waals surface area contributed by atoms with Crippen LogP contribution in [-0.4, -0.2) is 54.4 Å². The predicted octanol–water partition coefficient (Wildman–Crippen LogP) is -3.79. The Kier molecular flexibility index (Phi) is 5.03. The molecule has 4 nitrogen and oxygen atoms in total. The van der Waals surface area contributed by atoms with Gasteiger partial charge in [-0.25, -0.2) is 0 Å². The van der Waals surface area contributed by atoms with Gasteiger partial charge in [-0.15, -0.1) is 0 Å². The number of hydrogen-bond acceptors (Lipinski definition) is 4. The van der Waals surface area contributed by atoms with Gasteiger partial charge >= 0.3 is 35.3 Å². The van der Waals surface area contributed by atoms with Crippen molar-refractivity contribution >= 4 is 35.3 Å². The van der Waals surface area contributed by atoms with E-state index in [1.165, 1.54) is 0 Å². The van der Waals surface area contributed by atoms with Crippen LogP contribution in [0.3, 0.4) is 0 Å². The molecule has 0 aliphatic heterocycles. The molecule has 0 amide bonds. The van der Waals surface area contributed by atoms with Crippen LogP contribution >= 0.6 is 0 Å². The molecule has 0 heterocycles. The zero-order chi connectivity index (χ0) is 4.50. The van der Waals surface area contributed by atoms with Gasteiger partial charge in [-0.3, -0.25) is 0 Å². The second-order valence-electron chi connectivity index (χ2n) is 0.600. The van der Waals surface area contributed by atoms with E-state index in [-0.39, 0.29) is 26.2 Å². The summed E-state index contributed by atoms with van der Waals surface area (Å²) in [5.74, 6) is 0. The van der Waals surface area contributed by atoms with Crippen molar-refractivity contribution in [1.29, 1.82) is 0 Å². The molecule has 0 bridgehead atoms. The number of hydrogen-bond donors (Lipinski definition) is 4. The van der Waals surface area contributed by atoms with E-state index in [9.17, 15) is 0 Å². The molecule has 0 aromatic carbocycles. The third-order valence-corrected chi connectivity index (χ3v) is 0. The molecule has 0 spiro atoms. The van der Waals surface area contributed by atoms with Gasteiger partial charge in [-0.05, 0) is 0 Å². The van der Waals surface area contributed by atoms with E-state index in [1.54, 1.807) is 0 Å². The van der Waals surface area contributed by atoms with Gasteiger partial charge in [0.1, 0.15) is 0 Å². The molecule has 40 valence electrons. The van der Waals surface area contributed by atoms with Crippen molar-refractivity contribution in [2.45, 2.75) is 0 Å². The van der Waals surface area contributed by atoms with E-state index in [4.69, 9.17) is 19.2 Å². The molecule has 0 unspecified atom stereocenters. The summed E-state index contributed by atoms with van der Waals surface area (Å²) in [5, 5.41) is 0. The average Bonchev–Trinajstić information content (AvgIpc) is 0.722. The second-order valence-corrected chi connectivity index (χ2v) is 1.80. The molecule has 0 rings (SSSR count). The maximum atomic E-state index is 7.33. The second kappa shape index (κ2) is 3.01. The molecule has 0 radical (unpaired) electrons. The Hall–Kier alpha value is 0.940. The van der Waals surface area contributed by atoms with Crippen molar-refractivity contribution in [3.05, 3.63) is 0 Å². The Balaban J connectivity index is 0. The van der Waals surface area contributed by atoms with Crippen LogP contribution in [0, 0.1) is 0 Å². The van der Waals surface area contributed by atoms with E-state index < -0.39 is 9.05 Å². The minimum atomic E-state index is -4.61. The summed E-state index contributed by atoms with van der Waals surface area (Å²) in [6, 6.07) is 0. The van der Waals surface area contributed by atoms with Gasteiger partial charge in [0.2, 0.25) is 0 Å². The Morgan fingerprint density at radius 2 is 0.833 bits per heavy atom. The van der Waals surface area contributed by atoms with Crippen LogP contribution in [0.5, 0.6) is 0 Å². The molecule has 0 aromatic heterocycles. The fourth-order valence-electron chi connectivity index (χ4n) is 0. The predicted molar refractivity (Wildman–Crippen MR) is 24.6 cm³/mol. The molecular formula is H7BiO4Si. The summed E-state index contributed by atoms with van der Waals surface area (Å²) in [4.78, 5) is 29.3. The van der Waals surface area contributed by atoms with E-state index >= 15 is 0 Å². The van der Waals surface area contributed by atoms with E-state index in [0.717, 1.165) is 0 Å². The van der Waals surface area contributed by atoms with E-state index in [0.29, 0.717) is 0 Å². The zero-order valence-electron chi connectivity index (χ0n) is 3.00. The average molecular weight is 308 g/mol. The molecule has 0 fully saturated rings. The van der Waals surface area contributed by atoms with Gasteiger partial charge in [0.25, 0.3) is 0 Å². The first-order valence-corrected chi connectivity index (χ1v) is 2.68. The van der Waals surface area contributed by atoms with Crippen molar-refractivity contribution in [2.24, 2.45) is 0 Å². The summed E-state index contributed by atoms with van der Waals surface area (Å²) < 4.78 is 0. The van der Waals surface area contributed by atoms with E-state index in [1.807, 2.05) is 0 Å². The standard InChI is InChI=1S/Bi.H4O4Si.3H/c;1-5(2,3)4;;;/h;1-4H;;;. The van der Waals surface area contributed by atoms with Crippen molar-refractivity contribution in [1.82, 2.24) is 0 Å². The summed E-state index contributed by atoms with van der Waals surface area (Å²) >= 11 is 0. The van der Waals surface area contributed by atoms with Crippen LogP contribution < -0.4 is 0 Å². The van der Waals surface area contributed by atoms with Crippen LogP contribution in [0.2, 0.25) is 0 Å². The summed E-state index contributed by atoms with van der Waals surface area (Å²) in [6.45, 7) is 0. The SMILES string of the molecule is O[Si](O)(O)O.[BiH3]. The van der Waals surface area contributed by atoms with E-state index in [2.05, 4.69) is 0 Å². The molecule has 0 saturated carbocycles. The first kappa shape index (κ1) is 10.0. The fraction of sp³-hybridized carbons (Fsp3) is 0. The van der Waals surface area contributed by atoms with Gasteiger partial charge in [0.15, 0.2) is 0 Å². The van der Waals surface area contributed by atoms with Crippen LogP contribution in [0.15, 0.2) is 0 Å². The first-order valence-electron chi connectivity index (χ1n) is 0.894. The zero-order valence-corrected chi connectivity index (χ0v) is 9.49. The molecule has 0 aliphatic carbocycles. The van der Waals surface area contributed by atoms with Crippen LogP contribution in [0.1, 0.15) is 0 Å². The van der Waals surface area contributed by atoms with Gasteiger partial charge in [-0.2, -0.15) is 0 Å². The summed E-state index contributed by atoms with van der Waals surface area (Å²) in [5.41, 5.74) is 0. The molecule has 6 heavy (non-hydrogen) atoms. The molecule has 6 heteroatoms. The van der Waals surface area contributed by atoms with Crippen LogP contribution in [0.4, 0.5) is 0 Å². The van der Waals surface area contributed by atoms with Crippen LogP contribution in [-0.2, 0) is 0 Å². The maximum absolute atomic E-state index is 7.33. The van der Waals surface area contributed by atoms with Gasteiger partial charge in [0.05, 0.1) is 0 Å². The van der Waals surface area contributed by atoms with Crippen LogP contribution in [0.25, 0.3) is 0 Å². The molecule has 0 saturated heterocycles. The summed E-state index contributed by atoms with van der Waals surface area (Å²) in [7, 11) is -4.61. The molecule has 4 N–H and O–H groups in total.